The summed E-state index contributed by atoms with van der Waals surface area (Å²) in [5, 5.41) is 0. The van der Waals surface area contributed by atoms with Crippen LogP contribution in [0.5, 0.6) is 23.0 Å². The van der Waals surface area contributed by atoms with E-state index in [2.05, 4.69) is 0 Å². The maximum atomic E-state index is 13.2. The number of carbonyl (C=O) groups excluding carboxylic acids is 1. The van der Waals surface area contributed by atoms with E-state index in [0.717, 1.165) is 11.1 Å². The summed E-state index contributed by atoms with van der Waals surface area (Å²) in [6.45, 7) is 3.70. The number of hydrogen-bond acceptors (Lipinski definition) is 5. The number of hydrogen-bond donors (Lipinski definition) is 0. The van der Waals surface area contributed by atoms with Gasteiger partial charge in [-0.25, -0.2) is 0 Å². The van der Waals surface area contributed by atoms with Crippen molar-refractivity contribution in [1.82, 2.24) is 0 Å². The van der Waals surface area contributed by atoms with Gasteiger partial charge < -0.3 is 18.9 Å². The molecule has 0 bridgehead atoms. The standard InChI is InChI=1S/C19H22O5/c1-11-7-13(21-3)9-15(23-5)17(11)19(20)18-12(2)8-14(22-4)10-16(18)24-6/h7-10H,1-6H3. The van der Waals surface area contributed by atoms with Crippen LogP contribution in [-0.2, 0) is 0 Å². The Labute approximate surface area is 142 Å². The molecule has 0 fully saturated rings. The van der Waals surface area contributed by atoms with Crippen molar-refractivity contribution in [3.8, 4) is 23.0 Å². The van der Waals surface area contributed by atoms with Gasteiger partial charge in [-0.15, -0.1) is 0 Å². The van der Waals surface area contributed by atoms with E-state index in [0.29, 0.717) is 34.1 Å². The molecule has 0 aromatic heterocycles. The van der Waals surface area contributed by atoms with Crippen molar-refractivity contribution in [2.75, 3.05) is 28.4 Å². The van der Waals surface area contributed by atoms with Crippen LogP contribution in [0, 0.1) is 13.8 Å². The van der Waals surface area contributed by atoms with Crippen molar-refractivity contribution >= 4 is 5.78 Å². The fraction of sp³-hybridized carbons (Fsp3) is 0.316. The molecule has 0 unspecified atom stereocenters. The highest BCUT2D eigenvalue weighted by Gasteiger charge is 2.24. The molecule has 2 rings (SSSR count). The van der Waals surface area contributed by atoms with Crippen molar-refractivity contribution in [2.45, 2.75) is 13.8 Å². The number of benzene rings is 2. The zero-order valence-electron chi connectivity index (χ0n) is 14.9. The predicted octanol–water partition coefficient (Wildman–Crippen LogP) is 3.57. The normalized spacial score (nSPS) is 10.2. The molecule has 0 atom stereocenters. The highest BCUT2D eigenvalue weighted by atomic mass is 16.5. The van der Waals surface area contributed by atoms with Crippen LogP contribution in [0.1, 0.15) is 27.0 Å². The molecular weight excluding hydrogens is 308 g/mol. The molecule has 5 nitrogen and oxygen atoms in total. The second kappa shape index (κ2) is 7.25. The molecule has 128 valence electrons. The van der Waals surface area contributed by atoms with Gasteiger partial charge in [0.1, 0.15) is 23.0 Å². The molecule has 0 saturated carbocycles. The summed E-state index contributed by atoms with van der Waals surface area (Å²) in [5.41, 5.74) is 2.52. The first-order valence-corrected chi connectivity index (χ1v) is 7.46. The maximum Gasteiger partial charge on any atom is 0.201 e. The fourth-order valence-corrected chi connectivity index (χ4v) is 2.71. The molecule has 0 aliphatic heterocycles. The van der Waals surface area contributed by atoms with Crippen LogP contribution >= 0.6 is 0 Å². The third-order valence-corrected chi connectivity index (χ3v) is 3.91. The second-order valence-electron chi connectivity index (χ2n) is 5.37. The van der Waals surface area contributed by atoms with Crippen molar-refractivity contribution < 1.29 is 23.7 Å². The summed E-state index contributed by atoms with van der Waals surface area (Å²) < 4.78 is 21.3. The molecule has 0 N–H and O–H groups in total. The first-order chi connectivity index (χ1) is 11.5. The Morgan fingerprint density at radius 3 is 1.33 bits per heavy atom. The quantitative estimate of drug-likeness (QED) is 0.758. The highest BCUT2D eigenvalue weighted by molar-refractivity contribution is 6.14. The minimum Gasteiger partial charge on any atom is -0.497 e. The van der Waals surface area contributed by atoms with Crippen LogP contribution in [0.4, 0.5) is 0 Å². The van der Waals surface area contributed by atoms with Gasteiger partial charge in [0.25, 0.3) is 0 Å². The van der Waals surface area contributed by atoms with Gasteiger partial charge in [-0.05, 0) is 37.1 Å². The Hall–Kier alpha value is -2.69. The second-order valence-corrected chi connectivity index (χ2v) is 5.37. The summed E-state index contributed by atoms with van der Waals surface area (Å²) in [7, 11) is 6.21. The Morgan fingerprint density at radius 1 is 0.667 bits per heavy atom. The average Bonchev–Trinajstić information content (AvgIpc) is 2.59. The van der Waals surface area contributed by atoms with Crippen LogP contribution in [0.2, 0.25) is 0 Å². The van der Waals surface area contributed by atoms with Crippen LogP contribution < -0.4 is 18.9 Å². The zero-order chi connectivity index (χ0) is 17.9. The topological polar surface area (TPSA) is 54.0 Å². The lowest BCUT2D eigenvalue weighted by atomic mass is 9.94. The number of rotatable bonds is 6. The summed E-state index contributed by atoms with van der Waals surface area (Å²) in [4.78, 5) is 13.2. The van der Waals surface area contributed by atoms with Gasteiger partial charge in [-0.3, -0.25) is 4.79 Å². The molecule has 0 spiro atoms. The van der Waals surface area contributed by atoms with Gasteiger partial charge >= 0.3 is 0 Å². The molecule has 2 aromatic rings. The molecule has 5 heteroatoms. The lowest BCUT2D eigenvalue weighted by Gasteiger charge is -2.16. The minimum absolute atomic E-state index is 0.163. The molecule has 0 radical (unpaired) electrons. The largest absolute Gasteiger partial charge is 0.497 e. The van der Waals surface area contributed by atoms with Crippen LogP contribution in [0.3, 0.4) is 0 Å². The third-order valence-electron chi connectivity index (χ3n) is 3.91. The number of aryl methyl sites for hydroxylation is 2. The number of ether oxygens (including phenoxy) is 4. The van der Waals surface area contributed by atoms with Gasteiger partial charge in [-0.1, -0.05) is 0 Å². The van der Waals surface area contributed by atoms with E-state index in [1.54, 1.807) is 38.5 Å². The molecule has 0 aliphatic rings. The first kappa shape index (κ1) is 17.7. The monoisotopic (exact) mass is 330 g/mol. The van der Waals surface area contributed by atoms with Crippen LogP contribution in [-0.4, -0.2) is 34.2 Å². The predicted molar refractivity (Wildman–Crippen MR) is 92.0 cm³/mol. The molecule has 2 aromatic carbocycles. The lowest BCUT2D eigenvalue weighted by molar-refractivity contribution is 0.103. The first-order valence-electron chi connectivity index (χ1n) is 7.46. The van der Waals surface area contributed by atoms with Gasteiger partial charge in [0.2, 0.25) is 5.78 Å². The van der Waals surface area contributed by atoms with Crippen molar-refractivity contribution in [3.05, 3.63) is 46.5 Å². The molecule has 24 heavy (non-hydrogen) atoms. The highest BCUT2D eigenvalue weighted by Crippen LogP contribution is 2.35. The maximum absolute atomic E-state index is 13.2. The van der Waals surface area contributed by atoms with Gasteiger partial charge in [0.15, 0.2) is 0 Å². The smallest absolute Gasteiger partial charge is 0.201 e. The number of methoxy groups -OCH3 is 4. The molecule has 0 amide bonds. The fourth-order valence-electron chi connectivity index (χ4n) is 2.71. The van der Waals surface area contributed by atoms with Crippen molar-refractivity contribution in [3.63, 3.8) is 0 Å². The van der Waals surface area contributed by atoms with Gasteiger partial charge in [0.05, 0.1) is 39.6 Å². The number of ketones is 1. The van der Waals surface area contributed by atoms with E-state index in [-0.39, 0.29) is 5.78 Å². The third kappa shape index (κ3) is 3.15. The van der Waals surface area contributed by atoms with E-state index < -0.39 is 0 Å². The summed E-state index contributed by atoms with van der Waals surface area (Å²) in [6.07, 6.45) is 0. The van der Waals surface area contributed by atoms with Crippen LogP contribution in [0.15, 0.2) is 24.3 Å². The molecular formula is C19H22O5. The van der Waals surface area contributed by atoms with Gasteiger partial charge in [-0.2, -0.15) is 0 Å². The Balaban J connectivity index is 2.66. The average molecular weight is 330 g/mol. The van der Waals surface area contributed by atoms with Gasteiger partial charge in [0, 0.05) is 12.1 Å². The van der Waals surface area contributed by atoms with E-state index in [1.165, 1.54) is 14.2 Å². The summed E-state index contributed by atoms with van der Waals surface area (Å²) in [5.74, 6) is 2.05. The Kier molecular flexibility index (Phi) is 5.34. The van der Waals surface area contributed by atoms with E-state index in [1.807, 2.05) is 13.8 Å². The van der Waals surface area contributed by atoms with E-state index >= 15 is 0 Å². The Bertz CT molecular complexity index is 701. The van der Waals surface area contributed by atoms with Crippen molar-refractivity contribution in [2.24, 2.45) is 0 Å². The SMILES string of the molecule is COc1cc(C)c(C(=O)c2c(C)cc(OC)cc2OC)c(OC)c1. The molecule has 0 saturated heterocycles. The molecule has 0 heterocycles. The van der Waals surface area contributed by atoms with E-state index in [9.17, 15) is 4.79 Å². The van der Waals surface area contributed by atoms with E-state index in [4.69, 9.17) is 18.9 Å². The summed E-state index contributed by atoms with van der Waals surface area (Å²) in [6, 6.07) is 7.01. The zero-order valence-corrected chi connectivity index (χ0v) is 14.9. The summed E-state index contributed by atoms with van der Waals surface area (Å²) >= 11 is 0. The van der Waals surface area contributed by atoms with Crippen LogP contribution in [0.25, 0.3) is 0 Å². The lowest BCUT2D eigenvalue weighted by Crippen LogP contribution is -2.10. The minimum atomic E-state index is -0.163. The Morgan fingerprint density at radius 2 is 1.04 bits per heavy atom. The van der Waals surface area contributed by atoms with Crippen molar-refractivity contribution in [1.29, 1.82) is 0 Å². The molecule has 0 aliphatic carbocycles. The number of carbonyl (C=O) groups is 1.